The van der Waals surface area contributed by atoms with Crippen LogP contribution in [-0.4, -0.2) is 10.9 Å². The van der Waals surface area contributed by atoms with Crippen LogP contribution >= 0.6 is 11.5 Å². The van der Waals surface area contributed by atoms with Crippen molar-refractivity contribution in [2.75, 3.05) is 17.6 Å². The topological polar surface area (TPSA) is 50.9 Å². The SMILES string of the molecule is Nc1cc(NCCC2=CCCC2)sn1. The number of nitrogen functional groups attached to an aromatic ring is 1. The minimum absolute atomic E-state index is 0.609. The Morgan fingerprint density at radius 1 is 1.57 bits per heavy atom. The molecule has 3 N–H and O–H groups in total. The van der Waals surface area contributed by atoms with Crippen LogP contribution in [0.2, 0.25) is 0 Å². The number of nitrogens with two attached hydrogens (primary N) is 1. The first-order valence-corrected chi connectivity index (χ1v) is 5.76. The number of rotatable bonds is 4. The molecule has 1 aliphatic carbocycles. The molecule has 0 fully saturated rings. The van der Waals surface area contributed by atoms with Crippen molar-refractivity contribution >= 4 is 22.4 Å². The van der Waals surface area contributed by atoms with Gasteiger partial charge in [0.25, 0.3) is 0 Å². The molecule has 14 heavy (non-hydrogen) atoms. The molecule has 3 nitrogen and oxygen atoms in total. The lowest BCUT2D eigenvalue weighted by Crippen LogP contribution is -2.00. The van der Waals surface area contributed by atoms with E-state index in [-0.39, 0.29) is 0 Å². The summed E-state index contributed by atoms with van der Waals surface area (Å²) in [6, 6.07) is 1.88. The van der Waals surface area contributed by atoms with Crippen LogP contribution in [0.3, 0.4) is 0 Å². The predicted octanol–water partition coefficient (Wildman–Crippen LogP) is 2.64. The zero-order chi connectivity index (χ0) is 9.80. The van der Waals surface area contributed by atoms with E-state index in [9.17, 15) is 0 Å². The zero-order valence-electron chi connectivity index (χ0n) is 8.12. The van der Waals surface area contributed by atoms with Crippen molar-refractivity contribution in [1.29, 1.82) is 0 Å². The molecule has 1 aromatic heterocycles. The normalized spacial score (nSPS) is 15.6. The van der Waals surface area contributed by atoms with Gasteiger partial charge in [0, 0.05) is 12.6 Å². The maximum atomic E-state index is 5.52. The minimum Gasteiger partial charge on any atom is -0.383 e. The van der Waals surface area contributed by atoms with E-state index >= 15 is 0 Å². The Morgan fingerprint density at radius 2 is 2.50 bits per heavy atom. The lowest BCUT2D eigenvalue weighted by atomic mass is 10.2. The number of hydrogen-bond acceptors (Lipinski definition) is 4. The van der Waals surface area contributed by atoms with Crippen LogP contribution in [0.25, 0.3) is 0 Å². The Kier molecular flexibility index (Phi) is 3.03. The van der Waals surface area contributed by atoms with Crippen LogP contribution in [0.15, 0.2) is 17.7 Å². The first kappa shape index (κ1) is 9.52. The lowest BCUT2D eigenvalue weighted by molar-refractivity contribution is 0.864. The number of allylic oxidation sites excluding steroid dienone is 1. The van der Waals surface area contributed by atoms with Gasteiger partial charge in [-0.2, -0.15) is 4.37 Å². The first-order chi connectivity index (χ1) is 6.84. The Bertz CT molecular complexity index is 330. The van der Waals surface area contributed by atoms with E-state index in [1.165, 1.54) is 30.8 Å². The van der Waals surface area contributed by atoms with Gasteiger partial charge in [0.1, 0.15) is 10.8 Å². The van der Waals surface area contributed by atoms with Gasteiger partial charge in [-0.1, -0.05) is 11.6 Å². The smallest absolute Gasteiger partial charge is 0.139 e. The van der Waals surface area contributed by atoms with Gasteiger partial charge in [-0.3, -0.25) is 0 Å². The van der Waals surface area contributed by atoms with Crippen LogP contribution < -0.4 is 11.1 Å². The summed E-state index contributed by atoms with van der Waals surface area (Å²) >= 11 is 1.43. The maximum absolute atomic E-state index is 5.52. The Balaban J connectivity index is 1.72. The van der Waals surface area contributed by atoms with Gasteiger partial charge in [0.15, 0.2) is 0 Å². The third kappa shape index (κ3) is 2.48. The van der Waals surface area contributed by atoms with Crippen molar-refractivity contribution in [3.8, 4) is 0 Å². The number of hydrogen-bond donors (Lipinski definition) is 2. The molecule has 0 bridgehead atoms. The molecule has 0 unspecified atom stereocenters. The van der Waals surface area contributed by atoms with Crippen molar-refractivity contribution in [2.45, 2.75) is 25.7 Å². The molecule has 0 aliphatic heterocycles. The molecule has 0 saturated carbocycles. The summed E-state index contributed by atoms with van der Waals surface area (Å²) in [5, 5.41) is 4.40. The summed E-state index contributed by atoms with van der Waals surface area (Å²) in [4.78, 5) is 0. The molecule has 0 saturated heterocycles. The molecule has 4 heteroatoms. The summed E-state index contributed by atoms with van der Waals surface area (Å²) in [5.74, 6) is 0.609. The monoisotopic (exact) mass is 209 g/mol. The van der Waals surface area contributed by atoms with E-state index in [4.69, 9.17) is 5.73 Å². The summed E-state index contributed by atoms with van der Waals surface area (Å²) in [6.45, 7) is 0.994. The highest BCUT2D eigenvalue weighted by Crippen LogP contribution is 2.21. The molecule has 0 amide bonds. The van der Waals surface area contributed by atoms with Gasteiger partial charge in [-0.05, 0) is 37.2 Å². The third-order valence-electron chi connectivity index (χ3n) is 2.41. The summed E-state index contributed by atoms with van der Waals surface area (Å²) in [6.07, 6.45) is 7.40. The van der Waals surface area contributed by atoms with Crippen molar-refractivity contribution < 1.29 is 0 Å². The molecule has 2 rings (SSSR count). The van der Waals surface area contributed by atoms with Gasteiger partial charge >= 0.3 is 0 Å². The minimum atomic E-state index is 0.609. The number of nitrogens with one attached hydrogen (secondary N) is 1. The molecule has 0 aromatic carbocycles. The van der Waals surface area contributed by atoms with E-state index in [1.807, 2.05) is 6.07 Å². The fourth-order valence-corrected chi connectivity index (χ4v) is 2.28. The maximum Gasteiger partial charge on any atom is 0.139 e. The fourth-order valence-electron chi connectivity index (χ4n) is 1.68. The molecule has 76 valence electrons. The van der Waals surface area contributed by atoms with Gasteiger partial charge in [0.2, 0.25) is 0 Å². The van der Waals surface area contributed by atoms with E-state index < -0.39 is 0 Å². The van der Waals surface area contributed by atoms with Gasteiger partial charge in [-0.15, -0.1) is 0 Å². The summed E-state index contributed by atoms with van der Waals surface area (Å²) < 4.78 is 4.01. The Morgan fingerprint density at radius 3 is 3.14 bits per heavy atom. The molecular formula is C10H15N3S. The van der Waals surface area contributed by atoms with Gasteiger partial charge in [-0.25, -0.2) is 0 Å². The van der Waals surface area contributed by atoms with E-state index in [0.717, 1.165) is 18.0 Å². The number of anilines is 2. The van der Waals surface area contributed by atoms with Crippen LogP contribution in [0.1, 0.15) is 25.7 Å². The largest absolute Gasteiger partial charge is 0.383 e. The predicted molar refractivity (Wildman–Crippen MR) is 61.6 cm³/mol. The standard InChI is InChI=1S/C10H15N3S/c11-9-7-10(14-13-9)12-6-5-8-3-1-2-4-8/h3,7,12H,1-2,4-6H2,(H2,11,13). The van der Waals surface area contributed by atoms with Crippen molar-refractivity contribution in [2.24, 2.45) is 0 Å². The van der Waals surface area contributed by atoms with Gasteiger partial charge in [0.05, 0.1) is 0 Å². The van der Waals surface area contributed by atoms with Crippen LogP contribution in [0, 0.1) is 0 Å². The van der Waals surface area contributed by atoms with E-state index in [0.29, 0.717) is 5.82 Å². The van der Waals surface area contributed by atoms with Crippen LogP contribution in [0.5, 0.6) is 0 Å². The third-order valence-corrected chi connectivity index (χ3v) is 3.17. The highest BCUT2D eigenvalue weighted by molar-refractivity contribution is 7.10. The molecule has 1 aromatic rings. The number of aromatic nitrogens is 1. The van der Waals surface area contributed by atoms with Crippen LogP contribution in [-0.2, 0) is 0 Å². The summed E-state index contributed by atoms with van der Waals surface area (Å²) in [7, 11) is 0. The van der Waals surface area contributed by atoms with E-state index in [2.05, 4.69) is 15.8 Å². The molecule has 0 spiro atoms. The second-order valence-corrected chi connectivity index (χ2v) is 4.35. The van der Waals surface area contributed by atoms with E-state index in [1.54, 1.807) is 5.57 Å². The average Bonchev–Trinajstić information content (AvgIpc) is 2.77. The van der Waals surface area contributed by atoms with Gasteiger partial charge < -0.3 is 11.1 Å². The molecular weight excluding hydrogens is 194 g/mol. The quantitative estimate of drug-likeness (QED) is 0.749. The second kappa shape index (κ2) is 4.46. The van der Waals surface area contributed by atoms with Crippen LogP contribution in [0.4, 0.5) is 10.8 Å². The van der Waals surface area contributed by atoms with Crippen molar-refractivity contribution in [3.05, 3.63) is 17.7 Å². The average molecular weight is 209 g/mol. The van der Waals surface area contributed by atoms with Crippen molar-refractivity contribution in [3.63, 3.8) is 0 Å². The molecule has 1 heterocycles. The number of nitrogens with zero attached hydrogens (tertiary/aromatic N) is 1. The second-order valence-electron chi connectivity index (χ2n) is 3.55. The zero-order valence-corrected chi connectivity index (χ0v) is 8.94. The highest BCUT2D eigenvalue weighted by Gasteiger charge is 2.04. The fraction of sp³-hybridized carbons (Fsp3) is 0.500. The molecule has 0 radical (unpaired) electrons. The first-order valence-electron chi connectivity index (χ1n) is 4.98. The lowest BCUT2D eigenvalue weighted by Gasteiger charge is -2.03. The van der Waals surface area contributed by atoms with Crippen molar-refractivity contribution in [1.82, 2.24) is 4.37 Å². The molecule has 1 aliphatic rings. The highest BCUT2D eigenvalue weighted by atomic mass is 32.1. The Labute approximate surface area is 88.2 Å². The Hall–Kier alpha value is -1.03. The molecule has 0 atom stereocenters. The summed E-state index contributed by atoms with van der Waals surface area (Å²) in [5.41, 5.74) is 7.11.